The zero-order valence-corrected chi connectivity index (χ0v) is 10.0. The highest BCUT2D eigenvalue weighted by Crippen LogP contribution is 2.44. The molecule has 0 radical (unpaired) electrons. The summed E-state index contributed by atoms with van der Waals surface area (Å²) in [4.78, 5) is 13.2. The maximum Gasteiger partial charge on any atom is 0.236 e. The van der Waals surface area contributed by atoms with Crippen LogP contribution in [-0.2, 0) is 10.2 Å². The fourth-order valence-corrected chi connectivity index (χ4v) is 2.48. The van der Waals surface area contributed by atoms with E-state index in [4.69, 9.17) is 5.73 Å². The van der Waals surface area contributed by atoms with Crippen LogP contribution in [0, 0.1) is 0 Å². The summed E-state index contributed by atoms with van der Waals surface area (Å²) < 4.78 is 0. The van der Waals surface area contributed by atoms with Crippen LogP contribution in [0.15, 0.2) is 24.3 Å². The molecule has 0 bridgehead atoms. The van der Waals surface area contributed by atoms with Gasteiger partial charge < -0.3 is 10.6 Å². The van der Waals surface area contributed by atoms with E-state index in [9.17, 15) is 4.79 Å². The molecule has 0 aromatic heterocycles. The molecule has 3 nitrogen and oxygen atoms in total. The average molecular weight is 218 g/mol. The third-order valence-corrected chi connectivity index (χ3v) is 3.75. The molecule has 1 unspecified atom stereocenters. The third-order valence-electron chi connectivity index (χ3n) is 3.75. The number of carbonyl (C=O) groups is 1. The number of hydrogen-bond donors (Lipinski definition) is 1. The van der Waals surface area contributed by atoms with E-state index in [0.717, 1.165) is 5.69 Å². The first-order valence-corrected chi connectivity index (χ1v) is 5.59. The van der Waals surface area contributed by atoms with E-state index < -0.39 is 0 Å². The number of nitrogens with zero attached hydrogens (tertiary/aromatic N) is 1. The van der Waals surface area contributed by atoms with E-state index in [1.165, 1.54) is 5.56 Å². The molecule has 0 saturated carbocycles. The first-order chi connectivity index (χ1) is 7.44. The fourth-order valence-electron chi connectivity index (χ4n) is 2.48. The second-order valence-corrected chi connectivity index (χ2v) is 5.01. The van der Waals surface area contributed by atoms with Crippen LogP contribution in [0.1, 0.15) is 26.3 Å². The second-order valence-electron chi connectivity index (χ2n) is 5.01. The van der Waals surface area contributed by atoms with Crippen molar-refractivity contribution in [1.29, 1.82) is 0 Å². The van der Waals surface area contributed by atoms with Crippen LogP contribution in [0.5, 0.6) is 0 Å². The van der Waals surface area contributed by atoms with Gasteiger partial charge in [0.2, 0.25) is 5.91 Å². The van der Waals surface area contributed by atoms with Crippen molar-refractivity contribution < 1.29 is 4.79 Å². The molecule has 0 fully saturated rings. The predicted molar refractivity (Wildman–Crippen MR) is 65.5 cm³/mol. The summed E-state index contributed by atoms with van der Waals surface area (Å²) in [7, 11) is 0. The predicted octanol–water partition coefficient (Wildman–Crippen LogP) is 1.66. The largest absolute Gasteiger partial charge is 0.368 e. The maximum atomic E-state index is 11.1. The number of anilines is 1. The van der Waals surface area contributed by atoms with Crippen molar-refractivity contribution in [2.24, 2.45) is 5.73 Å². The first-order valence-electron chi connectivity index (χ1n) is 5.59. The van der Waals surface area contributed by atoms with Crippen LogP contribution in [-0.4, -0.2) is 18.5 Å². The van der Waals surface area contributed by atoms with Gasteiger partial charge in [-0.25, -0.2) is 0 Å². The molecule has 2 rings (SSSR count). The van der Waals surface area contributed by atoms with E-state index in [1.54, 1.807) is 0 Å². The van der Waals surface area contributed by atoms with Gasteiger partial charge in [0.05, 0.1) is 6.54 Å². The quantitative estimate of drug-likeness (QED) is 0.820. The summed E-state index contributed by atoms with van der Waals surface area (Å²) >= 11 is 0. The van der Waals surface area contributed by atoms with Crippen molar-refractivity contribution >= 4 is 11.6 Å². The number of carbonyl (C=O) groups excluding carboxylic acids is 1. The minimum Gasteiger partial charge on any atom is -0.368 e. The number of hydrogen-bond acceptors (Lipinski definition) is 2. The molecule has 86 valence electrons. The summed E-state index contributed by atoms with van der Waals surface area (Å²) in [5, 5.41) is 0. The van der Waals surface area contributed by atoms with Crippen molar-refractivity contribution in [1.82, 2.24) is 0 Å². The van der Waals surface area contributed by atoms with Crippen LogP contribution in [0.4, 0.5) is 5.69 Å². The monoisotopic (exact) mass is 218 g/mol. The molecule has 1 aromatic carbocycles. The molecular formula is C13H18N2O. The SMILES string of the molecule is CC1N(CC(N)=O)c2ccccc2C1(C)C. The topological polar surface area (TPSA) is 46.3 Å². The van der Waals surface area contributed by atoms with Crippen LogP contribution in [0.25, 0.3) is 0 Å². The number of amides is 1. The standard InChI is InChI=1S/C13H18N2O/c1-9-13(2,3)10-6-4-5-7-11(10)15(9)8-12(14)16/h4-7,9H,8H2,1-3H3,(H2,14,16). The van der Waals surface area contributed by atoms with Crippen molar-refractivity contribution in [3.05, 3.63) is 29.8 Å². The highest BCUT2D eigenvalue weighted by Gasteiger charge is 2.41. The zero-order chi connectivity index (χ0) is 11.9. The summed E-state index contributed by atoms with van der Waals surface area (Å²) in [6.45, 7) is 6.85. The smallest absolute Gasteiger partial charge is 0.236 e. The van der Waals surface area contributed by atoms with Crippen molar-refractivity contribution in [3.8, 4) is 0 Å². The lowest BCUT2D eigenvalue weighted by Gasteiger charge is -2.30. The Kier molecular flexibility index (Phi) is 2.41. The number of benzene rings is 1. The zero-order valence-electron chi connectivity index (χ0n) is 10.0. The molecule has 0 saturated heterocycles. The summed E-state index contributed by atoms with van der Waals surface area (Å²) in [6.07, 6.45) is 0. The van der Waals surface area contributed by atoms with Gasteiger partial charge in [-0.2, -0.15) is 0 Å². The number of nitrogens with two attached hydrogens (primary N) is 1. The van der Waals surface area contributed by atoms with E-state index in [0.29, 0.717) is 6.54 Å². The Hall–Kier alpha value is -1.51. The summed E-state index contributed by atoms with van der Waals surface area (Å²) in [5.74, 6) is -0.278. The van der Waals surface area contributed by atoms with Gasteiger partial charge in [-0.3, -0.25) is 4.79 Å². The molecule has 1 aromatic rings. The summed E-state index contributed by atoms with van der Waals surface area (Å²) in [5.41, 5.74) is 7.79. The van der Waals surface area contributed by atoms with Gasteiger partial charge in [0.15, 0.2) is 0 Å². The Morgan fingerprint density at radius 1 is 1.44 bits per heavy atom. The Morgan fingerprint density at radius 2 is 2.06 bits per heavy atom. The van der Waals surface area contributed by atoms with Crippen LogP contribution < -0.4 is 10.6 Å². The Morgan fingerprint density at radius 3 is 2.69 bits per heavy atom. The molecule has 0 aliphatic carbocycles. The van der Waals surface area contributed by atoms with Crippen molar-refractivity contribution in [2.45, 2.75) is 32.2 Å². The molecule has 3 heteroatoms. The van der Waals surface area contributed by atoms with Gasteiger partial charge in [0.1, 0.15) is 0 Å². The average Bonchev–Trinajstić information content (AvgIpc) is 2.41. The Labute approximate surface area is 96.2 Å². The fraction of sp³-hybridized carbons (Fsp3) is 0.462. The normalized spacial score (nSPS) is 21.9. The highest BCUT2D eigenvalue weighted by molar-refractivity contribution is 5.81. The third kappa shape index (κ3) is 1.47. The maximum absolute atomic E-state index is 11.1. The van der Waals surface area contributed by atoms with Gasteiger partial charge in [-0.15, -0.1) is 0 Å². The van der Waals surface area contributed by atoms with E-state index in [1.807, 2.05) is 12.1 Å². The molecule has 1 heterocycles. The molecule has 16 heavy (non-hydrogen) atoms. The molecule has 1 atom stereocenters. The minimum absolute atomic E-state index is 0.0616. The number of rotatable bonds is 2. The second kappa shape index (κ2) is 3.51. The molecule has 2 N–H and O–H groups in total. The molecule has 1 aliphatic heterocycles. The van der Waals surface area contributed by atoms with Crippen molar-refractivity contribution in [3.63, 3.8) is 0 Å². The molecule has 1 amide bonds. The molecule has 1 aliphatic rings. The summed E-state index contributed by atoms with van der Waals surface area (Å²) in [6, 6.07) is 8.52. The van der Waals surface area contributed by atoms with Crippen molar-refractivity contribution in [2.75, 3.05) is 11.4 Å². The van der Waals surface area contributed by atoms with E-state index >= 15 is 0 Å². The van der Waals surface area contributed by atoms with Crippen LogP contribution in [0.2, 0.25) is 0 Å². The molecule has 0 spiro atoms. The van der Waals surface area contributed by atoms with E-state index in [2.05, 4.69) is 37.8 Å². The number of para-hydroxylation sites is 1. The van der Waals surface area contributed by atoms with Gasteiger partial charge in [-0.05, 0) is 18.6 Å². The highest BCUT2D eigenvalue weighted by atomic mass is 16.1. The van der Waals surface area contributed by atoms with Gasteiger partial charge in [-0.1, -0.05) is 32.0 Å². The van der Waals surface area contributed by atoms with Gasteiger partial charge in [0, 0.05) is 17.1 Å². The lowest BCUT2D eigenvalue weighted by atomic mass is 9.81. The van der Waals surface area contributed by atoms with Gasteiger partial charge in [0.25, 0.3) is 0 Å². The van der Waals surface area contributed by atoms with Crippen LogP contribution in [0.3, 0.4) is 0 Å². The lowest BCUT2D eigenvalue weighted by molar-refractivity contribution is -0.116. The minimum atomic E-state index is -0.278. The molecular weight excluding hydrogens is 200 g/mol. The Bertz CT molecular complexity index is 426. The first kappa shape index (κ1) is 11.0. The number of fused-ring (bicyclic) bond motifs is 1. The number of primary amides is 1. The Balaban J connectivity index is 2.47. The van der Waals surface area contributed by atoms with E-state index in [-0.39, 0.29) is 17.4 Å². The van der Waals surface area contributed by atoms with Gasteiger partial charge >= 0.3 is 0 Å². The lowest BCUT2D eigenvalue weighted by Crippen LogP contribution is -2.43. The van der Waals surface area contributed by atoms with Crippen LogP contribution >= 0.6 is 0 Å².